The molecule has 2 aromatic rings. The normalized spacial score (nSPS) is 18.1. The van der Waals surface area contributed by atoms with Crippen molar-refractivity contribution in [3.05, 3.63) is 46.9 Å². The van der Waals surface area contributed by atoms with Gasteiger partial charge in [-0.1, -0.05) is 25.9 Å². The second kappa shape index (κ2) is 7.54. The first-order chi connectivity index (χ1) is 13.1. The summed E-state index contributed by atoms with van der Waals surface area (Å²) in [5.41, 5.74) is 5.61. The van der Waals surface area contributed by atoms with Crippen LogP contribution < -0.4 is 5.73 Å². The molecular weight excluding hydrogens is 373 g/mol. The molecule has 1 aromatic heterocycles. The first-order valence-corrected chi connectivity index (χ1v) is 9.09. The second-order valence-electron chi connectivity index (χ2n) is 8.12. The Hall–Kier alpha value is -2.42. The van der Waals surface area contributed by atoms with Crippen LogP contribution in [-0.2, 0) is 16.6 Å². The summed E-state index contributed by atoms with van der Waals surface area (Å²) in [5.74, 6) is -2.59. The molecule has 2 unspecified atom stereocenters. The van der Waals surface area contributed by atoms with Gasteiger partial charge in [0.1, 0.15) is 11.9 Å². The third-order valence-corrected chi connectivity index (χ3v) is 4.75. The van der Waals surface area contributed by atoms with Crippen LogP contribution in [0.5, 0.6) is 0 Å². The monoisotopic (exact) mass is 396 g/mol. The summed E-state index contributed by atoms with van der Waals surface area (Å²) < 4.78 is 45.4. The van der Waals surface area contributed by atoms with Crippen molar-refractivity contribution in [3.8, 4) is 0 Å². The molecule has 1 saturated heterocycles. The molecule has 1 aliphatic rings. The quantitative estimate of drug-likeness (QED) is 0.786. The largest absolute Gasteiger partial charge is 0.337 e. The van der Waals surface area contributed by atoms with Gasteiger partial charge in [0.15, 0.2) is 17.5 Å². The van der Waals surface area contributed by atoms with Gasteiger partial charge in [-0.2, -0.15) is 4.98 Å². The van der Waals surface area contributed by atoms with Gasteiger partial charge in [-0.25, -0.2) is 13.2 Å². The van der Waals surface area contributed by atoms with Crippen molar-refractivity contribution in [3.63, 3.8) is 0 Å². The molecule has 9 heteroatoms. The van der Waals surface area contributed by atoms with Crippen LogP contribution in [0.1, 0.15) is 56.9 Å². The van der Waals surface area contributed by atoms with Crippen LogP contribution in [0.25, 0.3) is 0 Å². The third kappa shape index (κ3) is 4.19. The summed E-state index contributed by atoms with van der Waals surface area (Å²) in [6.07, 6.45) is 0.557. The van der Waals surface area contributed by atoms with Crippen LogP contribution in [0.15, 0.2) is 16.7 Å². The zero-order chi connectivity index (χ0) is 20.6. The van der Waals surface area contributed by atoms with Gasteiger partial charge in [-0.05, 0) is 24.5 Å². The van der Waals surface area contributed by atoms with Gasteiger partial charge < -0.3 is 15.2 Å². The van der Waals surface area contributed by atoms with Crippen LogP contribution in [0, 0.1) is 17.5 Å². The van der Waals surface area contributed by atoms with Gasteiger partial charge in [0.25, 0.3) is 0 Å². The number of carbonyl (C=O) groups excluding carboxylic acids is 1. The van der Waals surface area contributed by atoms with Crippen LogP contribution in [0.4, 0.5) is 13.2 Å². The Morgan fingerprint density at radius 2 is 1.96 bits per heavy atom. The molecule has 1 aliphatic heterocycles. The van der Waals surface area contributed by atoms with Crippen molar-refractivity contribution in [1.29, 1.82) is 0 Å². The fourth-order valence-corrected chi connectivity index (χ4v) is 3.03. The standard InChI is InChI=1S/C19H23F3N4O2/c1-19(2,3)18-24-17(28-25-18)15-4-5-26(15)16(27)8-11(23)6-10-7-13(21)14(22)9-12(10)20/h7,9,11,15H,4-6,8,23H2,1-3H3. The van der Waals surface area contributed by atoms with Gasteiger partial charge in [0.2, 0.25) is 11.8 Å². The predicted molar refractivity (Wildman–Crippen MR) is 94.7 cm³/mol. The van der Waals surface area contributed by atoms with Gasteiger partial charge in [0.05, 0.1) is 0 Å². The molecule has 2 heterocycles. The molecule has 2 N–H and O–H groups in total. The molecule has 0 aliphatic carbocycles. The van der Waals surface area contributed by atoms with Crippen LogP contribution in [-0.4, -0.2) is 33.5 Å². The smallest absolute Gasteiger partial charge is 0.249 e. The number of rotatable bonds is 5. The molecule has 6 nitrogen and oxygen atoms in total. The third-order valence-electron chi connectivity index (χ3n) is 4.75. The lowest BCUT2D eigenvalue weighted by Crippen LogP contribution is -2.47. The van der Waals surface area contributed by atoms with Gasteiger partial charge in [-0.15, -0.1) is 0 Å². The number of halogens is 3. The molecule has 1 amide bonds. The summed E-state index contributed by atoms with van der Waals surface area (Å²) in [4.78, 5) is 18.5. The van der Waals surface area contributed by atoms with Crippen molar-refractivity contribution >= 4 is 5.91 Å². The summed E-state index contributed by atoms with van der Waals surface area (Å²) in [5, 5.41) is 3.97. The molecule has 152 valence electrons. The maximum atomic E-state index is 13.8. The molecule has 1 aromatic carbocycles. The van der Waals surface area contributed by atoms with Gasteiger partial charge >= 0.3 is 0 Å². The summed E-state index contributed by atoms with van der Waals surface area (Å²) in [7, 11) is 0. The van der Waals surface area contributed by atoms with E-state index in [4.69, 9.17) is 10.3 Å². The Kier molecular flexibility index (Phi) is 5.47. The summed E-state index contributed by atoms with van der Waals surface area (Å²) in [6.45, 7) is 6.41. The fourth-order valence-electron chi connectivity index (χ4n) is 3.03. The highest BCUT2D eigenvalue weighted by atomic mass is 19.2. The van der Waals surface area contributed by atoms with E-state index in [1.165, 1.54) is 0 Å². The summed E-state index contributed by atoms with van der Waals surface area (Å²) in [6, 6.07) is 0.213. The number of amides is 1. The number of likely N-dealkylation sites (tertiary alicyclic amines) is 1. The Morgan fingerprint density at radius 3 is 2.54 bits per heavy atom. The average molecular weight is 396 g/mol. The van der Waals surface area contributed by atoms with Gasteiger partial charge in [-0.3, -0.25) is 4.79 Å². The van der Waals surface area contributed by atoms with E-state index in [9.17, 15) is 18.0 Å². The number of nitrogens with zero attached hydrogens (tertiary/aromatic N) is 3. The molecule has 3 rings (SSSR count). The minimum atomic E-state index is -1.26. The lowest BCUT2D eigenvalue weighted by atomic mass is 9.96. The van der Waals surface area contributed by atoms with E-state index in [0.717, 1.165) is 6.07 Å². The molecule has 2 atom stereocenters. The maximum absolute atomic E-state index is 13.8. The molecule has 0 spiro atoms. The zero-order valence-corrected chi connectivity index (χ0v) is 16.0. The van der Waals surface area contributed by atoms with Gasteiger partial charge in [0, 0.05) is 30.5 Å². The SMILES string of the molecule is CC(C)(C)c1noc(C2CCN2C(=O)CC(N)Cc2cc(F)c(F)cc2F)n1. The Bertz CT molecular complexity index is 879. The van der Waals surface area contributed by atoms with Crippen molar-refractivity contribution in [1.82, 2.24) is 15.0 Å². The molecule has 0 saturated carbocycles. The minimum Gasteiger partial charge on any atom is -0.337 e. The fraction of sp³-hybridized carbons (Fsp3) is 0.526. The van der Waals surface area contributed by atoms with E-state index in [1.807, 2.05) is 20.8 Å². The maximum Gasteiger partial charge on any atom is 0.249 e. The summed E-state index contributed by atoms with van der Waals surface area (Å²) >= 11 is 0. The second-order valence-corrected chi connectivity index (χ2v) is 8.12. The lowest BCUT2D eigenvalue weighted by Gasteiger charge is -2.39. The predicted octanol–water partition coefficient (Wildman–Crippen LogP) is 3.02. The van der Waals surface area contributed by atoms with E-state index in [2.05, 4.69) is 10.1 Å². The highest BCUT2D eigenvalue weighted by molar-refractivity contribution is 5.78. The first kappa shape index (κ1) is 20.3. The van der Waals surface area contributed by atoms with Crippen LogP contribution in [0.2, 0.25) is 0 Å². The number of nitrogens with two attached hydrogens (primary N) is 1. The highest BCUT2D eigenvalue weighted by Crippen LogP contribution is 2.34. The molecule has 0 bridgehead atoms. The topological polar surface area (TPSA) is 85.2 Å². The first-order valence-electron chi connectivity index (χ1n) is 9.09. The van der Waals surface area contributed by atoms with E-state index >= 15 is 0 Å². The molecule has 1 fully saturated rings. The number of hydrogen-bond donors (Lipinski definition) is 1. The van der Waals surface area contributed by atoms with Crippen molar-refractivity contribution in [2.75, 3.05) is 6.54 Å². The molecule has 28 heavy (non-hydrogen) atoms. The van der Waals surface area contributed by atoms with E-state index < -0.39 is 23.5 Å². The number of benzene rings is 1. The van der Waals surface area contributed by atoms with Crippen molar-refractivity contribution in [2.45, 2.75) is 57.5 Å². The van der Waals surface area contributed by atoms with E-state index in [1.54, 1.807) is 4.90 Å². The van der Waals surface area contributed by atoms with E-state index in [0.29, 0.717) is 30.7 Å². The van der Waals surface area contributed by atoms with Crippen LogP contribution in [0.3, 0.4) is 0 Å². The van der Waals surface area contributed by atoms with Crippen molar-refractivity contribution < 1.29 is 22.5 Å². The Labute approximate surface area is 160 Å². The lowest BCUT2D eigenvalue weighted by molar-refractivity contribution is -0.140. The minimum absolute atomic E-state index is 0.0603. The van der Waals surface area contributed by atoms with E-state index in [-0.39, 0.29) is 35.8 Å². The number of aromatic nitrogens is 2. The molecule has 0 radical (unpaired) electrons. The zero-order valence-electron chi connectivity index (χ0n) is 16.0. The Morgan fingerprint density at radius 1 is 1.29 bits per heavy atom. The Balaban J connectivity index is 1.61. The molecular formula is C19H23F3N4O2. The number of carbonyl (C=O) groups is 1. The highest BCUT2D eigenvalue weighted by Gasteiger charge is 2.38. The number of hydrogen-bond acceptors (Lipinski definition) is 5. The van der Waals surface area contributed by atoms with Crippen LogP contribution >= 0.6 is 0 Å². The average Bonchev–Trinajstić information content (AvgIpc) is 3.00. The van der Waals surface area contributed by atoms with Crippen molar-refractivity contribution in [2.24, 2.45) is 5.73 Å².